The summed E-state index contributed by atoms with van der Waals surface area (Å²) in [6.07, 6.45) is 1.02. The molecule has 0 spiro atoms. The molecular weight excluding hydrogens is 372 g/mol. The number of nitrogens with one attached hydrogen (secondary N) is 1. The number of hydrogen-bond acceptors (Lipinski definition) is 9. The monoisotopic (exact) mass is 394 g/mol. The van der Waals surface area contributed by atoms with E-state index in [0.29, 0.717) is 38.5 Å². The Hall–Kier alpha value is -2.30. The van der Waals surface area contributed by atoms with Gasteiger partial charge in [-0.05, 0) is 13.3 Å². The van der Waals surface area contributed by atoms with Crippen LogP contribution in [0.3, 0.4) is 0 Å². The highest BCUT2D eigenvalue weighted by molar-refractivity contribution is 7.09. The summed E-state index contributed by atoms with van der Waals surface area (Å²) in [7, 11) is 1.28. The molecule has 0 saturated carbocycles. The summed E-state index contributed by atoms with van der Waals surface area (Å²) in [5.74, 6) is -0.952. The number of thiazole rings is 1. The standard InChI is InChI=1S/C17H22N4O5S/c1-10-19-11(9-27-10)5-18-16(23)12-6-21(4-3-14(12)22)7-15-20-13(8-26-15)17(24)25-2/h8-9,12,14,22H,3-7H2,1-2H3,(H,18,23)/t12-,14+/m0/s1. The lowest BCUT2D eigenvalue weighted by Crippen LogP contribution is -2.49. The normalized spacial score (nSPS) is 20.4. The van der Waals surface area contributed by atoms with Gasteiger partial charge in [-0.3, -0.25) is 9.69 Å². The van der Waals surface area contributed by atoms with Crippen LogP contribution < -0.4 is 5.32 Å². The number of carbonyl (C=O) groups excluding carboxylic acids is 2. The molecule has 2 N–H and O–H groups in total. The zero-order valence-corrected chi connectivity index (χ0v) is 16.0. The molecule has 2 atom stereocenters. The van der Waals surface area contributed by atoms with Crippen LogP contribution in [0.4, 0.5) is 0 Å². The molecule has 1 fully saturated rings. The predicted octanol–water partition coefficient (Wildman–Crippen LogP) is 0.725. The Balaban J connectivity index is 1.55. The van der Waals surface area contributed by atoms with Crippen LogP contribution in [0.1, 0.15) is 33.5 Å². The Morgan fingerprint density at radius 3 is 3.00 bits per heavy atom. The first-order valence-corrected chi connectivity index (χ1v) is 9.46. The number of aryl methyl sites for hydroxylation is 1. The number of oxazole rings is 1. The van der Waals surface area contributed by atoms with Crippen LogP contribution in [0.25, 0.3) is 0 Å². The molecule has 3 rings (SSSR count). The molecular formula is C17H22N4O5S. The number of methoxy groups -OCH3 is 1. The van der Waals surface area contributed by atoms with E-state index < -0.39 is 18.0 Å². The number of carbonyl (C=O) groups is 2. The Kier molecular flexibility index (Phi) is 6.19. The van der Waals surface area contributed by atoms with E-state index in [9.17, 15) is 14.7 Å². The third kappa shape index (κ3) is 4.90. The van der Waals surface area contributed by atoms with Crippen molar-refractivity contribution in [1.29, 1.82) is 0 Å². The van der Waals surface area contributed by atoms with Gasteiger partial charge in [-0.1, -0.05) is 0 Å². The molecule has 27 heavy (non-hydrogen) atoms. The number of aliphatic hydroxyl groups is 1. The SMILES string of the molecule is COC(=O)c1coc(CN2CC[C@@H](O)[C@@H](C(=O)NCc3csc(C)n3)C2)n1. The number of ether oxygens (including phenoxy) is 1. The van der Waals surface area contributed by atoms with Gasteiger partial charge in [-0.25, -0.2) is 14.8 Å². The number of hydrogen-bond donors (Lipinski definition) is 2. The van der Waals surface area contributed by atoms with E-state index >= 15 is 0 Å². The number of esters is 1. The Labute approximate surface area is 160 Å². The highest BCUT2D eigenvalue weighted by Crippen LogP contribution is 2.20. The second kappa shape index (κ2) is 8.59. The molecule has 3 heterocycles. The molecule has 0 aromatic carbocycles. The molecule has 2 aromatic heterocycles. The molecule has 1 amide bonds. The molecule has 1 aliphatic heterocycles. The fourth-order valence-corrected chi connectivity index (χ4v) is 3.59. The van der Waals surface area contributed by atoms with Crippen LogP contribution in [-0.4, -0.2) is 58.2 Å². The zero-order valence-electron chi connectivity index (χ0n) is 15.2. The molecule has 0 bridgehead atoms. The van der Waals surface area contributed by atoms with Gasteiger partial charge in [0, 0.05) is 18.5 Å². The molecule has 0 unspecified atom stereocenters. The first-order chi connectivity index (χ1) is 13.0. The number of piperidine rings is 1. The van der Waals surface area contributed by atoms with Crippen LogP contribution in [0.15, 0.2) is 16.1 Å². The van der Waals surface area contributed by atoms with Crippen LogP contribution in [0, 0.1) is 12.8 Å². The number of nitrogens with zero attached hydrogens (tertiary/aromatic N) is 3. The highest BCUT2D eigenvalue weighted by Gasteiger charge is 2.33. The van der Waals surface area contributed by atoms with Crippen molar-refractivity contribution in [1.82, 2.24) is 20.2 Å². The fraction of sp³-hybridized carbons (Fsp3) is 0.529. The van der Waals surface area contributed by atoms with Crippen LogP contribution in [-0.2, 0) is 22.6 Å². The van der Waals surface area contributed by atoms with Crippen LogP contribution in [0.2, 0.25) is 0 Å². The fourth-order valence-electron chi connectivity index (χ4n) is 2.98. The number of aliphatic hydroxyl groups excluding tert-OH is 1. The molecule has 146 valence electrons. The number of likely N-dealkylation sites (tertiary alicyclic amines) is 1. The largest absolute Gasteiger partial charge is 0.464 e. The zero-order chi connectivity index (χ0) is 19.4. The minimum atomic E-state index is -0.700. The first-order valence-electron chi connectivity index (χ1n) is 8.58. The van der Waals surface area contributed by atoms with E-state index in [-0.39, 0.29) is 11.6 Å². The van der Waals surface area contributed by atoms with Crippen molar-refractivity contribution in [3.8, 4) is 0 Å². The molecule has 10 heteroatoms. The van der Waals surface area contributed by atoms with Gasteiger partial charge in [-0.2, -0.15) is 0 Å². The van der Waals surface area contributed by atoms with Crippen molar-refractivity contribution in [2.75, 3.05) is 20.2 Å². The van der Waals surface area contributed by atoms with E-state index in [4.69, 9.17) is 4.42 Å². The van der Waals surface area contributed by atoms with Gasteiger partial charge in [0.25, 0.3) is 0 Å². The molecule has 2 aromatic rings. The Bertz CT molecular complexity index is 805. The van der Waals surface area contributed by atoms with Crippen molar-refractivity contribution >= 4 is 23.2 Å². The summed E-state index contributed by atoms with van der Waals surface area (Å²) < 4.78 is 9.90. The van der Waals surface area contributed by atoms with Gasteiger partial charge < -0.3 is 19.6 Å². The Morgan fingerprint density at radius 2 is 2.30 bits per heavy atom. The van der Waals surface area contributed by atoms with E-state index in [2.05, 4.69) is 20.0 Å². The second-order valence-corrected chi connectivity index (χ2v) is 7.45. The minimum absolute atomic E-state index is 0.109. The minimum Gasteiger partial charge on any atom is -0.464 e. The third-order valence-electron chi connectivity index (χ3n) is 4.41. The smallest absolute Gasteiger partial charge is 0.360 e. The first kappa shape index (κ1) is 19.5. The van der Waals surface area contributed by atoms with Gasteiger partial charge in [0.15, 0.2) is 5.69 Å². The lowest BCUT2D eigenvalue weighted by atomic mass is 9.94. The quantitative estimate of drug-likeness (QED) is 0.689. The van der Waals surface area contributed by atoms with Crippen molar-refractivity contribution in [3.63, 3.8) is 0 Å². The molecule has 9 nitrogen and oxygen atoms in total. The van der Waals surface area contributed by atoms with Crippen LogP contribution >= 0.6 is 11.3 Å². The van der Waals surface area contributed by atoms with E-state index in [1.165, 1.54) is 24.7 Å². The number of amides is 1. The summed E-state index contributed by atoms with van der Waals surface area (Å²) in [6, 6.07) is 0. The maximum Gasteiger partial charge on any atom is 0.360 e. The van der Waals surface area contributed by atoms with E-state index in [0.717, 1.165) is 10.7 Å². The lowest BCUT2D eigenvalue weighted by molar-refractivity contribution is -0.132. The maximum atomic E-state index is 12.5. The van der Waals surface area contributed by atoms with Gasteiger partial charge in [0.2, 0.25) is 11.8 Å². The average molecular weight is 394 g/mol. The second-order valence-electron chi connectivity index (χ2n) is 6.39. The Morgan fingerprint density at radius 1 is 1.48 bits per heavy atom. The summed E-state index contributed by atoms with van der Waals surface area (Å²) in [5.41, 5.74) is 0.917. The van der Waals surface area contributed by atoms with Crippen molar-refractivity contribution in [3.05, 3.63) is 33.9 Å². The molecule has 0 radical (unpaired) electrons. The summed E-state index contributed by atoms with van der Waals surface area (Å²) in [4.78, 5) is 34.3. The summed E-state index contributed by atoms with van der Waals surface area (Å²) >= 11 is 1.53. The highest BCUT2D eigenvalue weighted by atomic mass is 32.1. The van der Waals surface area contributed by atoms with Crippen molar-refractivity contribution in [2.24, 2.45) is 5.92 Å². The maximum absolute atomic E-state index is 12.5. The van der Waals surface area contributed by atoms with Gasteiger partial charge in [-0.15, -0.1) is 11.3 Å². The summed E-state index contributed by atoms with van der Waals surface area (Å²) in [6.45, 7) is 3.58. The molecule has 0 aliphatic carbocycles. The number of rotatable bonds is 6. The van der Waals surface area contributed by atoms with E-state index in [1.807, 2.05) is 17.2 Å². The van der Waals surface area contributed by atoms with Gasteiger partial charge in [0.05, 0.1) is 42.9 Å². The van der Waals surface area contributed by atoms with Crippen molar-refractivity contribution in [2.45, 2.75) is 32.5 Å². The van der Waals surface area contributed by atoms with Gasteiger partial charge in [0.1, 0.15) is 6.26 Å². The van der Waals surface area contributed by atoms with Crippen molar-refractivity contribution < 1.29 is 23.8 Å². The topological polar surface area (TPSA) is 118 Å². The predicted molar refractivity (Wildman–Crippen MR) is 95.9 cm³/mol. The lowest BCUT2D eigenvalue weighted by Gasteiger charge is -2.34. The van der Waals surface area contributed by atoms with E-state index in [1.54, 1.807) is 0 Å². The van der Waals surface area contributed by atoms with Crippen LogP contribution in [0.5, 0.6) is 0 Å². The molecule has 1 aliphatic rings. The number of aromatic nitrogens is 2. The molecule has 1 saturated heterocycles. The average Bonchev–Trinajstić information content (AvgIpc) is 3.29. The summed E-state index contributed by atoms with van der Waals surface area (Å²) in [5, 5.41) is 15.9. The third-order valence-corrected chi connectivity index (χ3v) is 5.24. The van der Waals surface area contributed by atoms with Gasteiger partial charge >= 0.3 is 5.97 Å².